The summed E-state index contributed by atoms with van der Waals surface area (Å²) in [7, 11) is 1.54. The molecule has 3 aromatic rings. The molecule has 0 aliphatic rings. The molecule has 1 aromatic carbocycles. The van der Waals surface area contributed by atoms with E-state index in [4.69, 9.17) is 5.11 Å². The molecule has 7 nitrogen and oxygen atoms in total. The molecule has 19 heavy (non-hydrogen) atoms. The summed E-state index contributed by atoms with van der Waals surface area (Å²) in [6, 6.07) is 6.35. The largest absolute Gasteiger partial charge is 0.480 e. The second kappa shape index (κ2) is 3.58. The van der Waals surface area contributed by atoms with Gasteiger partial charge in [-0.1, -0.05) is 12.1 Å². The molecule has 0 amide bonds. The lowest BCUT2D eigenvalue weighted by Gasteiger charge is -2.07. The molecule has 0 saturated carbocycles. The summed E-state index contributed by atoms with van der Waals surface area (Å²) in [5, 5.41) is 18.8. The van der Waals surface area contributed by atoms with Gasteiger partial charge in [-0.15, -0.1) is 0 Å². The molecule has 3 rings (SSSR count). The Balaban J connectivity index is 2.72. The van der Waals surface area contributed by atoms with Crippen molar-refractivity contribution in [1.29, 1.82) is 0 Å². The van der Waals surface area contributed by atoms with Crippen molar-refractivity contribution in [1.82, 2.24) is 14.0 Å². The third kappa shape index (κ3) is 1.35. The highest BCUT2D eigenvalue weighted by Crippen LogP contribution is 2.21. The van der Waals surface area contributed by atoms with Crippen LogP contribution in [0.2, 0.25) is 0 Å². The monoisotopic (exact) mass is 259 g/mol. The van der Waals surface area contributed by atoms with Gasteiger partial charge >= 0.3 is 5.97 Å². The first-order valence-electron chi connectivity index (χ1n) is 5.45. The maximum Gasteiger partial charge on any atom is 0.357 e. The van der Waals surface area contributed by atoms with Crippen LogP contribution >= 0.6 is 0 Å². The first kappa shape index (κ1) is 11.3. The number of aromatic nitrogens is 3. The summed E-state index contributed by atoms with van der Waals surface area (Å²) in [4.78, 5) is 26.8. The molecule has 7 heteroatoms. The number of hydrogen-bond acceptors (Lipinski definition) is 4. The van der Waals surface area contributed by atoms with Crippen molar-refractivity contribution < 1.29 is 15.0 Å². The predicted molar refractivity (Wildman–Crippen MR) is 66.6 cm³/mol. The standard InChI is InChI=1S/C12H9N3O4/c1-14-6-4-2-3-5-7(6)15-9(10(14)16)8(11(17)18)13-12(15)19/h2-5H,1H3,(H,13,19)(H,17,18). The second-order valence-electron chi connectivity index (χ2n) is 4.10. The molecule has 0 bridgehead atoms. The van der Waals surface area contributed by atoms with Gasteiger partial charge in [0.05, 0.1) is 11.0 Å². The summed E-state index contributed by atoms with van der Waals surface area (Å²) in [6.07, 6.45) is 0. The van der Waals surface area contributed by atoms with E-state index in [1.54, 1.807) is 31.3 Å². The topological polar surface area (TPSA) is 96.8 Å². The van der Waals surface area contributed by atoms with E-state index < -0.39 is 23.2 Å². The van der Waals surface area contributed by atoms with Gasteiger partial charge in [-0.05, 0) is 12.1 Å². The quantitative estimate of drug-likeness (QED) is 0.666. The Bertz CT molecular complexity index is 891. The van der Waals surface area contributed by atoms with Crippen LogP contribution in [-0.2, 0) is 7.05 Å². The molecular formula is C12H9N3O4. The lowest BCUT2D eigenvalue weighted by molar-refractivity contribution is 0.0692. The number of aromatic carboxylic acids is 1. The van der Waals surface area contributed by atoms with Gasteiger partial charge in [0, 0.05) is 7.05 Å². The Morgan fingerprint density at radius 1 is 1.26 bits per heavy atom. The number of benzene rings is 1. The van der Waals surface area contributed by atoms with E-state index in [1.165, 1.54) is 4.57 Å². The van der Waals surface area contributed by atoms with Gasteiger partial charge in [0.25, 0.3) is 11.6 Å². The van der Waals surface area contributed by atoms with Gasteiger partial charge in [0.2, 0.25) is 0 Å². The lowest BCUT2D eigenvalue weighted by Crippen LogP contribution is -2.21. The van der Waals surface area contributed by atoms with E-state index in [1.807, 2.05) is 0 Å². The fraction of sp³-hybridized carbons (Fsp3) is 0.0833. The van der Waals surface area contributed by atoms with Gasteiger partial charge in [-0.2, -0.15) is 4.98 Å². The summed E-state index contributed by atoms with van der Waals surface area (Å²) >= 11 is 0. The molecule has 2 N–H and O–H groups in total. The van der Waals surface area contributed by atoms with Crippen LogP contribution in [0, 0.1) is 0 Å². The normalized spacial score (nSPS) is 11.2. The van der Waals surface area contributed by atoms with E-state index >= 15 is 0 Å². The highest BCUT2D eigenvalue weighted by Gasteiger charge is 2.22. The molecular weight excluding hydrogens is 250 g/mol. The Hall–Kier alpha value is -2.83. The number of nitrogens with zero attached hydrogens (tertiary/aromatic N) is 3. The third-order valence-electron chi connectivity index (χ3n) is 3.05. The molecule has 0 saturated heterocycles. The van der Waals surface area contributed by atoms with Crippen LogP contribution in [0.1, 0.15) is 10.5 Å². The Morgan fingerprint density at radius 3 is 2.53 bits per heavy atom. The van der Waals surface area contributed by atoms with E-state index in [0.29, 0.717) is 11.0 Å². The summed E-state index contributed by atoms with van der Waals surface area (Å²) < 4.78 is 2.49. The number of fused-ring (bicyclic) bond motifs is 3. The van der Waals surface area contributed by atoms with Crippen LogP contribution in [-0.4, -0.2) is 30.1 Å². The lowest BCUT2D eigenvalue weighted by atomic mass is 10.2. The van der Waals surface area contributed by atoms with Gasteiger partial charge in [-0.3, -0.25) is 9.20 Å². The van der Waals surface area contributed by atoms with Crippen molar-refractivity contribution in [2.75, 3.05) is 0 Å². The molecule has 0 atom stereocenters. The molecule has 2 heterocycles. The zero-order chi connectivity index (χ0) is 13.7. The Morgan fingerprint density at radius 2 is 1.89 bits per heavy atom. The fourth-order valence-corrected chi connectivity index (χ4v) is 2.19. The number of rotatable bonds is 1. The van der Waals surface area contributed by atoms with Crippen molar-refractivity contribution in [3.05, 3.63) is 40.3 Å². The van der Waals surface area contributed by atoms with Crippen LogP contribution in [0.3, 0.4) is 0 Å². The van der Waals surface area contributed by atoms with Crippen LogP contribution in [0.5, 0.6) is 6.01 Å². The maximum absolute atomic E-state index is 12.2. The van der Waals surface area contributed by atoms with Crippen molar-refractivity contribution in [2.45, 2.75) is 0 Å². The number of imidazole rings is 1. The van der Waals surface area contributed by atoms with E-state index in [-0.39, 0.29) is 5.52 Å². The van der Waals surface area contributed by atoms with Crippen molar-refractivity contribution in [3.8, 4) is 6.01 Å². The number of carbonyl (C=O) groups is 1. The summed E-state index contributed by atoms with van der Waals surface area (Å²) in [6.45, 7) is 0. The summed E-state index contributed by atoms with van der Waals surface area (Å²) in [5.74, 6) is -1.36. The Labute approximate surface area is 106 Å². The molecule has 2 aromatic heterocycles. The Kier molecular flexibility index (Phi) is 2.12. The fourth-order valence-electron chi connectivity index (χ4n) is 2.19. The van der Waals surface area contributed by atoms with E-state index in [2.05, 4.69) is 4.98 Å². The molecule has 0 aliphatic heterocycles. The first-order valence-corrected chi connectivity index (χ1v) is 5.45. The number of carboxylic acids is 1. The number of carboxylic acid groups (broad SMARTS) is 1. The maximum atomic E-state index is 12.2. The number of hydrogen-bond donors (Lipinski definition) is 2. The predicted octanol–water partition coefficient (Wildman–Crippen LogP) is 0.590. The highest BCUT2D eigenvalue weighted by molar-refractivity contribution is 5.95. The van der Waals surface area contributed by atoms with Crippen LogP contribution in [0.25, 0.3) is 16.6 Å². The average Bonchev–Trinajstić information content (AvgIpc) is 2.74. The van der Waals surface area contributed by atoms with E-state index in [0.717, 1.165) is 4.40 Å². The van der Waals surface area contributed by atoms with Crippen molar-refractivity contribution in [2.24, 2.45) is 7.05 Å². The van der Waals surface area contributed by atoms with Gasteiger partial charge < -0.3 is 14.8 Å². The molecule has 0 aliphatic carbocycles. The minimum atomic E-state index is -1.36. The minimum absolute atomic E-state index is 0.147. The molecule has 96 valence electrons. The van der Waals surface area contributed by atoms with E-state index in [9.17, 15) is 14.7 Å². The molecule has 0 spiro atoms. The molecule has 0 unspecified atom stereocenters. The average molecular weight is 259 g/mol. The number of aromatic hydroxyl groups is 1. The number of aryl methyl sites for hydroxylation is 1. The zero-order valence-electron chi connectivity index (χ0n) is 9.86. The SMILES string of the molecule is Cn1c(=O)c2c(C(=O)O)nc(O)n2c2ccccc21. The van der Waals surface area contributed by atoms with Crippen molar-refractivity contribution in [3.63, 3.8) is 0 Å². The summed E-state index contributed by atoms with van der Waals surface area (Å²) in [5.41, 5.74) is -0.0410. The minimum Gasteiger partial charge on any atom is -0.480 e. The highest BCUT2D eigenvalue weighted by atomic mass is 16.4. The van der Waals surface area contributed by atoms with Gasteiger partial charge in [0.1, 0.15) is 5.52 Å². The zero-order valence-corrected chi connectivity index (χ0v) is 9.86. The van der Waals surface area contributed by atoms with Gasteiger partial charge in [-0.25, -0.2) is 4.79 Å². The second-order valence-corrected chi connectivity index (χ2v) is 4.10. The van der Waals surface area contributed by atoms with Crippen LogP contribution < -0.4 is 5.56 Å². The smallest absolute Gasteiger partial charge is 0.357 e. The van der Waals surface area contributed by atoms with Gasteiger partial charge in [0.15, 0.2) is 5.69 Å². The van der Waals surface area contributed by atoms with Crippen LogP contribution in [0.4, 0.5) is 0 Å². The van der Waals surface area contributed by atoms with Crippen LogP contribution in [0.15, 0.2) is 29.1 Å². The first-order chi connectivity index (χ1) is 9.02. The number of para-hydroxylation sites is 2. The molecule has 0 radical (unpaired) electrons. The molecule has 0 fully saturated rings. The van der Waals surface area contributed by atoms with Crippen molar-refractivity contribution >= 4 is 22.5 Å². The third-order valence-corrected chi connectivity index (χ3v) is 3.05.